The number of hydrogen-bond donors (Lipinski definition) is 1. The van der Waals surface area contributed by atoms with Crippen LogP contribution in [0.3, 0.4) is 0 Å². The average Bonchev–Trinajstić information content (AvgIpc) is 2.87. The number of nitrogens with two attached hydrogens (primary N) is 1. The summed E-state index contributed by atoms with van der Waals surface area (Å²) in [6.45, 7) is 2.28. The molecule has 0 bridgehead atoms. The molecule has 0 spiro atoms. The number of nitrogens with zero attached hydrogens (tertiary/aromatic N) is 4. The molecule has 106 valence electrons. The quantitative estimate of drug-likeness (QED) is 0.862. The minimum Gasteiger partial charge on any atom is -0.398 e. The maximum atomic E-state index is 6.04. The van der Waals surface area contributed by atoms with E-state index in [1.54, 1.807) is 6.07 Å². The molecule has 0 amide bonds. The fourth-order valence-corrected chi connectivity index (χ4v) is 3.16. The lowest BCUT2D eigenvalue weighted by Crippen LogP contribution is -2.19. The zero-order valence-electron chi connectivity index (χ0n) is 11.5. The van der Waals surface area contributed by atoms with Gasteiger partial charge in [0.25, 0.3) is 0 Å². The van der Waals surface area contributed by atoms with Crippen LogP contribution in [0.15, 0.2) is 18.2 Å². The van der Waals surface area contributed by atoms with Crippen LogP contribution in [-0.2, 0) is 0 Å². The first kappa shape index (κ1) is 13.4. The fourth-order valence-electron chi connectivity index (χ4n) is 2.98. The topological polar surface area (TPSA) is 69.6 Å². The number of halogens is 1. The van der Waals surface area contributed by atoms with Crippen molar-refractivity contribution >= 4 is 17.3 Å². The monoisotopic (exact) mass is 291 g/mol. The van der Waals surface area contributed by atoms with Gasteiger partial charge in [0.05, 0.1) is 6.04 Å². The van der Waals surface area contributed by atoms with Gasteiger partial charge in [0, 0.05) is 16.3 Å². The van der Waals surface area contributed by atoms with Crippen LogP contribution in [0, 0.1) is 5.92 Å². The average molecular weight is 292 g/mol. The van der Waals surface area contributed by atoms with E-state index >= 15 is 0 Å². The molecule has 1 aliphatic rings. The summed E-state index contributed by atoms with van der Waals surface area (Å²) < 4.78 is 1.93. The van der Waals surface area contributed by atoms with Gasteiger partial charge in [-0.15, -0.1) is 5.10 Å². The summed E-state index contributed by atoms with van der Waals surface area (Å²) in [5.41, 5.74) is 7.50. The number of anilines is 1. The summed E-state index contributed by atoms with van der Waals surface area (Å²) in [6, 6.07) is 5.79. The third-order valence-electron chi connectivity index (χ3n) is 4.00. The van der Waals surface area contributed by atoms with E-state index in [-0.39, 0.29) is 0 Å². The van der Waals surface area contributed by atoms with E-state index in [1.807, 2.05) is 16.8 Å². The van der Waals surface area contributed by atoms with Gasteiger partial charge in [-0.05, 0) is 47.4 Å². The summed E-state index contributed by atoms with van der Waals surface area (Å²) in [5.74, 6) is 1.45. The lowest BCUT2D eigenvalue weighted by molar-refractivity contribution is 0.265. The molecule has 2 aromatic rings. The van der Waals surface area contributed by atoms with Crippen molar-refractivity contribution in [2.24, 2.45) is 5.92 Å². The highest BCUT2D eigenvalue weighted by atomic mass is 35.5. The first-order valence-electron chi connectivity index (χ1n) is 6.98. The van der Waals surface area contributed by atoms with E-state index in [0.29, 0.717) is 22.7 Å². The van der Waals surface area contributed by atoms with E-state index in [9.17, 15) is 0 Å². The molecule has 1 aromatic carbocycles. The number of benzene rings is 1. The lowest BCUT2D eigenvalue weighted by atomic mass is 9.87. The van der Waals surface area contributed by atoms with Crippen LogP contribution in [0.5, 0.6) is 0 Å². The number of nitrogen functional groups attached to an aromatic ring is 1. The van der Waals surface area contributed by atoms with Crippen molar-refractivity contribution in [3.8, 4) is 11.4 Å². The van der Waals surface area contributed by atoms with Crippen molar-refractivity contribution in [1.29, 1.82) is 0 Å². The van der Waals surface area contributed by atoms with E-state index in [1.165, 1.54) is 12.8 Å². The second-order valence-corrected chi connectivity index (χ2v) is 6.04. The number of hydrogen-bond acceptors (Lipinski definition) is 4. The molecule has 1 saturated carbocycles. The Morgan fingerprint density at radius 3 is 2.95 bits per heavy atom. The molecule has 5 nitrogen and oxygen atoms in total. The Kier molecular flexibility index (Phi) is 3.61. The van der Waals surface area contributed by atoms with Gasteiger partial charge in [-0.2, -0.15) is 0 Å². The molecule has 20 heavy (non-hydrogen) atoms. The molecule has 0 saturated heterocycles. The normalized spacial score (nSPS) is 22.9. The van der Waals surface area contributed by atoms with Crippen molar-refractivity contribution in [3.63, 3.8) is 0 Å². The van der Waals surface area contributed by atoms with Crippen LogP contribution in [0.1, 0.15) is 38.6 Å². The molecule has 1 heterocycles. The van der Waals surface area contributed by atoms with E-state index in [2.05, 4.69) is 22.4 Å². The van der Waals surface area contributed by atoms with Crippen molar-refractivity contribution in [2.45, 2.75) is 38.6 Å². The van der Waals surface area contributed by atoms with Gasteiger partial charge in [0.2, 0.25) is 0 Å². The molecule has 1 fully saturated rings. The van der Waals surface area contributed by atoms with E-state index in [0.717, 1.165) is 24.2 Å². The maximum absolute atomic E-state index is 6.04. The van der Waals surface area contributed by atoms with Crippen LogP contribution in [-0.4, -0.2) is 20.2 Å². The summed E-state index contributed by atoms with van der Waals surface area (Å²) in [4.78, 5) is 0. The number of tetrazole rings is 1. The standard InChI is InChI=1S/C14H18ClN5/c1-9-3-2-4-11(7-9)20-14(17-18-19-20)12-6-5-10(15)8-13(12)16/h5-6,8-9,11H,2-4,7,16H2,1H3. The molecule has 0 radical (unpaired) electrons. The third kappa shape index (κ3) is 2.50. The summed E-state index contributed by atoms with van der Waals surface area (Å²) in [6.07, 6.45) is 4.75. The Labute approximate surface area is 123 Å². The second kappa shape index (κ2) is 5.40. The van der Waals surface area contributed by atoms with E-state index < -0.39 is 0 Å². The maximum Gasteiger partial charge on any atom is 0.184 e. The molecule has 2 atom stereocenters. The van der Waals surface area contributed by atoms with Gasteiger partial charge in [-0.3, -0.25) is 0 Å². The number of aromatic nitrogens is 4. The van der Waals surface area contributed by atoms with Crippen molar-refractivity contribution in [2.75, 3.05) is 5.73 Å². The molecule has 6 heteroatoms. The van der Waals surface area contributed by atoms with Crippen LogP contribution in [0.4, 0.5) is 5.69 Å². The minimum atomic E-state index is 0.360. The highest BCUT2D eigenvalue weighted by Gasteiger charge is 2.24. The summed E-state index contributed by atoms with van der Waals surface area (Å²) in [5, 5.41) is 12.8. The molecule has 1 aliphatic carbocycles. The lowest BCUT2D eigenvalue weighted by Gasteiger charge is -2.27. The van der Waals surface area contributed by atoms with Crippen LogP contribution in [0.2, 0.25) is 5.02 Å². The Morgan fingerprint density at radius 1 is 1.35 bits per heavy atom. The SMILES string of the molecule is CC1CCCC(n2nnnc2-c2ccc(Cl)cc2N)C1. The van der Waals surface area contributed by atoms with Crippen LogP contribution >= 0.6 is 11.6 Å². The van der Waals surface area contributed by atoms with Crippen molar-refractivity contribution in [1.82, 2.24) is 20.2 Å². The van der Waals surface area contributed by atoms with E-state index in [4.69, 9.17) is 17.3 Å². The van der Waals surface area contributed by atoms with Gasteiger partial charge in [-0.1, -0.05) is 31.4 Å². The largest absolute Gasteiger partial charge is 0.398 e. The van der Waals surface area contributed by atoms with Crippen LogP contribution < -0.4 is 5.73 Å². The first-order valence-corrected chi connectivity index (χ1v) is 7.36. The fraction of sp³-hybridized carbons (Fsp3) is 0.500. The molecule has 2 unspecified atom stereocenters. The smallest absolute Gasteiger partial charge is 0.184 e. The van der Waals surface area contributed by atoms with Crippen molar-refractivity contribution in [3.05, 3.63) is 23.2 Å². The molecule has 2 N–H and O–H groups in total. The highest BCUT2D eigenvalue weighted by molar-refractivity contribution is 6.31. The van der Waals surface area contributed by atoms with Crippen molar-refractivity contribution < 1.29 is 0 Å². The highest BCUT2D eigenvalue weighted by Crippen LogP contribution is 2.35. The zero-order valence-corrected chi connectivity index (χ0v) is 12.2. The summed E-state index contributed by atoms with van der Waals surface area (Å²) >= 11 is 5.95. The predicted octanol–water partition coefficient (Wildman–Crippen LogP) is 3.33. The van der Waals surface area contributed by atoms with Gasteiger partial charge in [-0.25, -0.2) is 4.68 Å². The third-order valence-corrected chi connectivity index (χ3v) is 4.24. The van der Waals surface area contributed by atoms with Gasteiger partial charge in [0.1, 0.15) is 0 Å². The molecule has 0 aliphatic heterocycles. The zero-order chi connectivity index (χ0) is 14.1. The van der Waals surface area contributed by atoms with Gasteiger partial charge < -0.3 is 5.73 Å². The Morgan fingerprint density at radius 2 is 2.20 bits per heavy atom. The molecular formula is C14H18ClN5. The molecular weight excluding hydrogens is 274 g/mol. The predicted molar refractivity (Wildman–Crippen MR) is 79.3 cm³/mol. The van der Waals surface area contributed by atoms with Gasteiger partial charge >= 0.3 is 0 Å². The minimum absolute atomic E-state index is 0.360. The first-order chi connectivity index (χ1) is 9.65. The second-order valence-electron chi connectivity index (χ2n) is 5.60. The molecule has 3 rings (SSSR count). The Balaban J connectivity index is 1.97. The summed E-state index contributed by atoms with van der Waals surface area (Å²) in [7, 11) is 0. The number of rotatable bonds is 2. The Bertz CT molecular complexity index is 609. The van der Waals surface area contributed by atoms with Crippen LogP contribution in [0.25, 0.3) is 11.4 Å². The molecule has 1 aromatic heterocycles. The van der Waals surface area contributed by atoms with Gasteiger partial charge in [0.15, 0.2) is 5.82 Å². The Hall–Kier alpha value is -1.62.